The van der Waals surface area contributed by atoms with Crippen LogP contribution in [0.3, 0.4) is 0 Å². The molecule has 0 saturated heterocycles. The van der Waals surface area contributed by atoms with Crippen LogP contribution in [0, 0.1) is 10.1 Å². The molecule has 6 heteroatoms. The Morgan fingerprint density at radius 3 is 2.50 bits per heavy atom. The first-order chi connectivity index (χ1) is 8.43. The Kier molecular flexibility index (Phi) is 4.84. The standard InChI is InChI=1S/C12H22N4O2/c1-6-10-12(16(17)18)11(15(5)14-10)8(3)9(4)13-7-2/h8-9,13H,6-7H2,1-5H3. The maximum Gasteiger partial charge on any atom is 0.313 e. The number of nitrogens with zero attached hydrogens (tertiary/aromatic N) is 3. The molecule has 6 nitrogen and oxygen atoms in total. The van der Waals surface area contributed by atoms with Gasteiger partial charge in [0.05, 0.1) is 4.92 Å². The Hall–Kier alpha value is -1.43. The van der Waals surface area contributed by atoms with Gasteiger partial charge in [-0.15, -0.1) is 0 Å². The van der Waals surface area contributed by atoms with E-state index in [0.717, 1.165) is 6.54 Å². The average Bonchev–Trinajstić information content (AvgIpc) is 2.65. The highest BCUT2D eigenvalue weighted by Crippen LogP contribution is 2.31. The summed E-state index contributed by atoms with van der Waals surface area (Å²) in [6.07, 6.45) is 0.576. The fourth-order valence-corrected chi connectivity index (χ4v) is 2.27. The molecule has 1 heterocycles. The zero-order chi connectivity index (χ0) is 13.9. The molecule has 1 rings (SSSR count). The fraction of sp³-hybridized carbons (Fsp3) is 0.750. The molecule has 1 aromatic rings. The zero-order valence-corrected chi connectivity index (χ0v) is 11.7. The molecule has 2 unspecified atom stereocenters. The van der Waals surface area contributed by atoms with E-state index in [1.54, 1.807) is 11.7 Å². The summed E-state index contributed by atoms with van der Waals surface area (Å²) in [6, 6.07) is 0.175. The molecule has 1 aromatic heterocycles. The van der Waals surface area contributed by atoms with Crippen LogP contribution in [0.4, 0.5) is 5.69 Å². The summed E-state index contributed by atoms with van der Waals surface area (Å²) >= 11 is 0. The number of nitro groups is 1. The number of likely N-dealkylation sites (N-methyl/N-ethyl adjacent to an activating group) is 1. The molecule has 2 atom stereocenters. The SMILES string of the molecule is CCNC(C)C(C)c1c([N+](=O)[O-])c(CC)nn1C. The molecule has 102 valence electrons. The molecular weight excluding hydrogens is 232 g/mol. The normalized spacial score (nSPS) is 14.5. The summed E-state index contributed by atoms with van der Waals surface area (Å²) in [5.41, 5.74) is 1.44. The lowest BCUT2D eigenvalue weighted by Crippen LogP contribution is -2.31. The number of nitrogens with one attached hydrogen (secondary N) is 1. The predicted molar refractivity (Wildman–Crippen MR) is 70.8 cm³/mol. The lowest BCUT2D eigenvalue weighted by molar-refractivity contribution is -0.386. The van der Waals surface area contributed by atoms with E-state index in [1.165, 1.54) is 0 Å². The Bertz CT molecular complexity index is 428. The van der Waals surface area contributed by atoms with Crippen LogP contribution in [-0.2, 0) is 13.5 Å². The smallest absolute Gasteiger partial charge is 0.313 e. The van der Waals surface area contributed by atoms with E-state index in [2.05, 4.69) is 10.4 Å². The van der Waals surface area contributed by atoms with Gasteiger partial charge in [-0.1, -0.05) is 20.8 Å². The highest BCUT2D eigenvalue weighted by atomic mass is 16.6. The van der Waals surface area contributed by atoms with Crippen molar-refractivity contribution >= 4 is 5.69 Å². The summed E-state index contributed by atoms with van der Waals surface area (Å²) in [7, 11) is 1.77. The van der Waals surface area contributed by atoms with Gasteiger partial charge in [-0.3, -0.25) is 14.8 Å². The van der Waals surface area contributed by atoms with Crippen molar-refractivity contribution < 1.29 is 4.92 Å². The first kappa shape index (κ1) is 14.6. The molecule has 1 N–H and O–H groups in total. The lowest BCUT2D eigenvalue weighted by atomic mass is 9.97. The molecule has 0 aromatic carbocycles. The van der Waals surface area contributed by atoms with E-state index in [9.17, 15) is 10.1 Å². The van der Waals surface area contributed by atoms with Crippen molar-refractivity contribution in [1.29, 1.82) is 0 Å². The summed E-state index contributed by atoms with van der Waals surface area (Å²) in [5, 5.41) is 18.8. The van der Waals surface area contributed by atoms with Gasteiger partial charge < -0.3 is 5.32 Å². The molecule has 0 saturated carbocycles. The Morgan fingerprint density at radius 1 is 1.44 bits per heavy atom. The van der Waals surface area contributed by atoms with Gasteiger partial charge in [0.2, 0.25) is 0 Å². The van der Waals surface area contributed by atoms with Crippen molar-refractivity contribution in [2.45, 2.75) is 46.1 Å². The average molecular weight is 254 g/mol. The van der Waals surface area contributed by atoms with Crippen molar-refractivity contribution in [3.05, 3.63) is 21.5 Å². The van der Waals surface area contributed by atoms with E-state index in [0.29, 0.717) is 17.8 Å². The van der Waals surface area contributed by atoms with Gasteiger partial charge in [-0.05, 0) is 19.9 Å². The second kappa shape index (κ2) is 5.95. The quantitative estimate of drug-likeness (QED) is 0.622. The predicted octanol–water partition coefficient (Wildman–Crippen LogP) is 1.99. The van der Waals surface area contributed by atoms with Gasteiger partial charge in [0, 0.05) is 19.0 Å². The van der Waals surface area contributed by atoms with E-state index in [1.807, 2.05) is 27.7 Å². The topological polar surface area (TPSA) is 73.0 Å². The first-order valence-electron chi connectivity index (χ1n) is 6.37. The van der Waals surface area contributed by atoms with Crippen molar-refractivity contribution in [2.75, 3.05) is 6.54 Å². The van der Waals surface area contributed by atoms with E-state index >= 15 is 0 Å². The monoisotopic (exact) mass is 254 g/mol. The van der Waals surface area contributed by atoms with Crippen LogP contribution in [0.1, 0.15) is 45.0 Å². The highest BCUT2D eigenvalue weighted by Gasteiger charge is 2.31. The molecule has 18 heavy (non-hydrogen) atoms. The number of rotatable bonds is 6. The van der Waals surface area contributed by atoms with Crippen LogP contribution < -0.4 is 5.32 Å². The molecule has 0 fully saturated rings. The van der Waals surface area contributed by atoms with Crippen molar-refractivity contribution in [1.82, 2.24) is 15.1 Å². The number of hydrogen-bond acceptors (Lipinski definition) is 4. The molecule has 0 aliphatic rings. The Labute approximate surface area is 108 Å². The minimum atomic E-state index is -0.309. The van der Waals surface area contributed by atoms with E-state index < -0.39 is 0 Å². The Morgan fingerprint density at radius 2 is 2.06 bits per heavy atom. The molecule has 0 radical (unpaired) electrons. The molecular formula is C12H22N4O2. The maximum atomic E-state index is 11.2. The van der Waals surface area contributed by atoms with E-state index in [-0.39, 0.29) is 22.6 Å². The van der Waals surface area contributed by atoms with Crippen molar-refractivity contribution in [2.24, 2.45) is 7.05 Å². The summed E-state index contributed by atoms with van der Waals surface area (Å²) < 4.78 is 1.65. The second-order valence-electron chi connectivity index (χ2n) is 4.55. The third kappa shape index (κ3) is 2.69. The summed E-state index contributed by atoms with van der Waals surface area (Å²) in [5.74, 6) is 0.0446. The van der Waals surface area contributed by atoms with Crippen LogP contribution >= 0.6 is 0 Å². The molecule has 0 aliphatic carbocycles. The largest absolute Gasteiger partial charge is 0.314 e. The van der Waals surface area contributed by atoms with Gasteiger partial charge in [0.25, 0.3) is 0 Å². The van der Waals surface area contributed by atoms with Crippen molar-refractivity contribution in [3.63, 3.8) is 0 Å². The van der Waals surface area contributed by atoms with Crippen LogP contribution in [0.25, 0.3) is 0 Å². The van der Waals surface area contributed by atoms with Gasteiger partial charge in [0.1, 0.15) is 11.4 Å². The highest BCUT2D eigenvalue weighted by molar-refractivity contribution is 5.43. The lowest BCUT2D eigenvalue weighted by Gasteiger charge is -2.20. The minimum absolute atomic E-state index is 0.0446. The third-order valence-electron chi connectivity index (χ3n) is 3.36. The van der Waals surface area contributed by atoms with Crippen LogP contribution in [-0.4, -0.2) is 27.3 Å². The van der Waals surface area contributed by atoms with Crippen LogP contribution in [0.2, 0.25) is 0 Å². The number of hydrogen-bond donors (Lipinski definition) is 1. The number of aromatic nitrogens is 2. The summed E-state index contributed by atoms with van der Waals surface area (Å²) in [6.45, 7) is 8.79. The van der Waals surface area contributed by atoms with Crippen LogP contribution in [0.5, 0.6) is 0 Å². The number of aryl methyl sites for hydroxylation is 2. The van der Waals surface area contributed by atoms with Gasteiger partial charge in [-0.25, -0.2) is 0 Å². The molecule has 0 aliphatic heterocycles. The molecule has 0 bridgehead atoms. The fourth-order valence-electron chi connectivity index (χ4n) is 2.27. The van der Waals surface area contributed by atoms with Gasteiger partial charge >= 0.3 is 5.69 Å². The molecule has 0 spiro atoms. The first-order valence-corrected chi connectivity index (χ1v) is 6.37. The second-order valence-corrected chi connectivity index (χ2v) is 4.55. The summed E-state index contributed by atoms with van der Waals surface area (Å²) in [4.78, 5) is 10.9. The van der Waals surface area contributed by atoms with E-state index in [4.69, 9.17) is 0 Å². The minimum Gasteiger partial charge on any atom is -0.314 e. The Balaban J connectivity index is 3.22. The molecule has 0 amide bonds. The van der Waals surface area contributed by atoms with Crippen LogP contribution in [0.15, 0.2) is 0 Å². The maximum absolute atomic E-state index is 11.2. The third-order valence-corrected chi connectivity index (χ3v) is 3.36. The van der Waals surface area contributed by atoms with Crippen molar-refractivity contribution in [3.8, 4) is 0 Å². The zero-order valence-electron chi connectivity index (χ0n) is 11.7. The van der Waals surface area contributed by atoms with Gasteiger partial charge in [0.15, 0.2) is 0 Å². The van der Waals surface area contributed by atoms with Gasteiger partial charge in [-0.2, -0.15) is 5.10 Å².